The number of halogens is 2. The van der Waals surface area contributed by atoms with E-state index in [2.05, 4.69) is 5.32 Å². The maximum atomic E-state index is 13.9. The van der Waals surface area contributed by atoms with Gasteiger partial charge in [-0.25, -0.2) is 12.8 Å². The Morgan fingerprint density at radius 3 is 2.68 bits per heavy atom. The van der Waals surface area contributed by atoms with E-state index in [1.807, 2.05) is 6.92 Å². The number of carbonyl (C=O) groups excluding carboxylic acids is 1. The Kier molecular flexibility index (Phi) is 6.07. The second-order valence-corrected chi connectivity index (χ2v) is 9.34. The number of anilines is 1. The summed E-state index contributed by atoms with van der Waals surface area (Å²) in [4.78, 5) is 12.7. The highest BCUT2D eigenvalue weighted by molar-refractivity contribution is 7.89. The molecule has 1 aliphatic rings. The van der Waals surface area contributed by atoms with Crippen molar-refractivity contribution < 1.29 is 17.6 Å². The molecular weight excluding hydrogens is 403 g/mol. The van der Waals surface area contributed by atoms with Crippen molar-refractivity contribution in [1.29, 1.82) is 0 Å². The fourth-order valence-corrected chi connectivity index (χ4v) is 5.25. The van der Waals surface area contributed by atoms with E-state index in [4.69, 9.17) is 11.6 Å². The molecular formula is C20H22ClFN2O3S. The molecule has 2 aromatic rings. The molecule has 150 valence electrons. The average molecular weight is 425 g/mol. The van der Waals surface area contributed by atoms with Gasteiger partial charge in [0.1, 0.15) is 5.82 Å². The molecule has 0 spiro atoms. The zero-order chi connectivity index (χ0) is 20.5. The van der Waals surface area contributed by atoms with Gasteiger partial charge in [0.15, 0.2) is 0 Å². The van der Waals surface area contributed by atoms with E-state index in [1.54, 1.807) is 13.0 Å². The SMILES string of the molecule is Cc1ccc(S(=O)(=O)N2CCCCC2C)cc1C(=O)Nc1cc(Cl)ccc1F. The first-order valence-corrected chi connectivity index (χ1v) is 10.9. The molecule has 5 nitrogen and oxygen atoms in total. The van der Waals surface area contributed by atoms with Crippen molar-refractivity contribution in [1.82, 2.24) is 4.31 Å². The molecule has 1 saturated heterocycles. The third-order valence-electron chi connectivity index (χ3n) is 4.98. The highest BCUT2D eigenvalue weighted by Gasteiger charge is 2.31. The summed E-state index contributed by atoms with van der Waals surface area (Å²) in [6.07, 6.45) is 2.63. The highest BCUT2D eigenvalue weighted by Crippen LogP contribution is 2.27. The van der Waals surface area contributed by atoms with Crippen molar-refractivity contribution in [3.8, 4) is 0 Å². The standard InChI is InChI=1S/C20H22ClFN2O3S/c1-13-6-8-16(28(26,27)24-10-4-3-5-14(24)2)12-17(13)20(25)23-19-11-15(21)7-9-18(19)22/h6-9,11-12,14H,3-5,10H2,1-2H3,(H,23,25). The zero-order valence-corrected chi connectivity index (χ0v) is 17.3. The Hall–Kier alpha value is -1.96. The number of piperidine rings is 1. The van der Waals surface area contributed by atoms with E-state index in [0.717, 1.165) is 25.3 Å². The van der Waals surface area contributed by atoms with Gasteiger partial charge in [-0.15, -0.1) is 0 Å². The van der Waals surface area contributed by atoms with Gasteiger partial charge < -0.3 is 5.32 Å². The molecule has 3 rings (SSSR count). The van der Waals surface area contributed by atoms with Gasteiger partial charge in [-0.2, -0.15) is 4.31 Å². The fraction of sp³-hybridized carbons (Fsp3) is 0.350. The normalized spacial score (nSPS) is 18.1. The second kappa shape index (κ2) is 8.19. The Balaban J connectivity index is 1.93. The number of nitrogens with one attached hydrogen (secondary N) is 1. The van der Waals surface area contributed by atoms with E-state index in [1.165, 1.54) is 28.6 Å². The predicted octanol–water partition coefficient (Wildman–Crippen LogP) is 4.60. The van der Waals surface area contributed by atoms with E-state index < -0.39 is 21.7 Å². The first-order valence-electron chi connectivity index (χ1n) is 9.09. The van der Waals surface area contributed by atoms with Crippen molar-refractivity contribution >= 4 is 33.2 Å². The lowest BCUT2D eigenvalue weighted by Gasteiger charge is -2.32. The molecule has 1 fully saturated rings. The van der Waals surface area contributed by atoms with E-state index in [9.17, 15) is 17.6 Å². The lowest BCUT2D eigenvalue weighted by atomic mass is 10.1. The van der Waals surface area contributed by atoms with Gasteiger partial charge >= 0.3 is 0 Å². The molecule has 1 atom stereocenters. The average Bonchev–Trinajstić information content (AvgIpc) is 2.65. The molecule has 0 aromatic heterocycles. The molecule has 0 saturated carbocycles. The van der Waals surface area contributed by atoms with Crippen LogP contribution in [0.3, 0.4) is 0 Å². The van der Waals surface area contributed by atoms with Crippen molar-refractivity contribution in [3.05, 3.63) is 58.4 Å². The van der Waals surface area contributed by atoms with Gasteiger partial charge in [0.05, 0.1) is 10.6 Å². The van der Waals surface area contributed by atoms with Crippen LogP contribution in [0.5, 0.6) is 0 Å². The van der Waals surface area contributed by atoms with Gasteiger partial charge in [-0.05, 0) is 62.6 Å². The molecule has 1 aliphatic heterocycles. The van der Waals surface area contributed by atoms with Crippen molar-refractivity contribution in [2.45, 2.75) is 44.0 Å². The van der Waals surface area contributed by atoms with Gasteiger partial charge in [0.2, 0.25) is 10.0 Å². The van der Waals surface area contributed by atoms with E-state index in [-0.39, 0.29) is 27.2 Å². The van der Waals surface area contributed by atoms with Crippen molar-refractivity contribution in [2.75, 3.05) is 11.9 Å². The molecule has 0 aliphatic carbocycles. The summed E-state index contributed by atoms with van der Waals surface area (Å²) in [6.45, 7) is 4.05. The lowest BCUT2D eigenvalue weighted by Crippen LogP contribution is -2.42. The van der Waals surface area contributed by atoms with Crippen LogP contribution in [0.4, 0.5) is 10.1 Å². The third-order valence-corrected chi connectivity index (χ3v) is 7.22. The monoisotopic (exact) mass is 424 g/mol. The van der Waals surface area contributed by atoms with Crippen molar-refractivity contribution in [2.24, 2.45) is 0 Å². The number of amides is 1. The molecule has 1 heterocycles. The summed E-state index contributed by atoms with van der Waals surface area (Å²) < 4.78 is 41.5. The Labute approximate surface area is 169 Å². The molecule has 1 amide bonds. The lowest BCUT2D eigenvalue weighted by molar-refractivity contribution is 0.102. The molecule has 8 heteroatoms. The summed E-state index contributed by atoms with van der Waals surface area (Å²) in [5.74, 6) is -1.22. The summed E-state index contributed by atoms with van der Waals surface area (Å²) in [7, 11) is -3.71. The van der Waals surface area contributed by atoms with Crippen LogP contribution < -0.4 is 5.32 Å². The first kappa shape index (κ1) is 20.8. The van der Waals surface area contributed by atoms with Crippen LogP contribution in [0, 0.1) is 12.7 Å². The van der Waals surface area contributed by atoms with Crippen molar-refractivity contribution in [3.63, 3.8) is 0 Å². The Bertz CT molecular complexity index is 1010. The summed E-state index contributed by atoms with van der Waals surface area (Å²) >= 11 is 5.86. The molecule has 0 radical (unpaired) electrons. The van der Waals surface area contributed by atoms with Gasteiger partial charge in [-0.1, -0.05) is 24.1 Å². The molecule has 28 heavy (non-hydrogen) atoms. The fourth-order valence-electron chi connectivity index (χ4n) is 3.35. The van der Waals surface area contributed by atoms with Crippen LogP contribution in [0.1, 0.15) is 42.1 Å². The van der Waals surface area contributed by atoms with E-state index >= 15 is 0 Å². The molecule has 2 aromatic carbocycles. The number of hydrogen-bond acceptors (Lipinski definition) is 3. The maximum Gasteiger partial charge on any atom is 0.256 e. The van der Waals surface area contributed by atoms with Crippen LogP contribution in [-0.2, 0) is 10.0 Å². The van der Waals surface area contributed by atoms with Crippen LogP contribution in [0.2, 0.25) is 5.02 Å². The predicted molar refractivity (Wildman–Crippen MR) is 108 cm³/mol. The van der Waals surface area contributed by atoms with Gasteiger partial charge in [0.25, 0.3) is 5.91 Å². The minimum atomic E-state index is -3.71. The Morgan fingerprint density at radius 2 is 1.96 bits per heavy atom. The zero-order valence-electron chi connectivity index (χ0n) is 15.7. The summed E-state index contributed by atoms with van der Waals surface area (Å²) in [5.41, 5.74) is 0.700. The van der Waals surface area contributed by atoms with Crippen LogP contribution >= 0.6 is 11.6 Å². The molecule has 1 N–H and O–H groups in total. The smallest absolute Gasteiger partial charge is 0.256 e. The number of sulfonamides is 1. The number of hydrogen-bond donors (Lipinski definition) is 1. The number of benzene rings is 2. The minimum absolute atomic E-state index is 0.0589. The number of aryl methyl sites for hydroxylation is 1. The largest absolute Gasteiger partial charge is 0.319 e. The summed E-state index contributed by atoms with van der Waals surface area (Å²) in [6, 6.07) is 8.20. The van der Waals surface area contributed by atoms with E-state index in [0.29, 0.717) is 12.1 Å². The molecule has 0 bridgehead atoms. The number of nitrogens with zero attached hydrogens (tertiary/aromatic N) is 1. The van der Waals surface area contributed by atoms with Crippen LogP contribution in [0.25, 0.3) is 0 Å². The third kappa shape index (κ3) is 4.21. The maximum absolute atomic E-state index is 13.9. The first-order chi connectivity index (χ1) is 13.2. The molecule has 1 unspecified atom stereocenters. The minimum Gasteiger partial charge on any atom is -0.319 e. The Morgan fingerprint density at radius 1 is 1.21 bits per heavy atom. The van der Waals surface area contributed by atoms with Gasteiger partial charge in [0, 0.05) is 23.2 Å². The summed E-state index contributed by atoms with van der Waals surface area (Å²) in [5, 5.41) is 2.75. The second-order valence-electron chi connectivity index (χ2n) is 7.02. The number of rotatable bonds is 4. The van der Waals surface area contributed by atoms with Gasteiger partial charge in [-0.3, -0.25) is 4.79 Å². The van der Waals surface area contributed by atoms with Crippen LogP contribution in [-0.4, -0.2) is 31.2 Å². The topological polar surface area (TPSA) is 66.5 Å². The highest BCUT2D eigenvalue weighted by atomic mass is 35.5. The quantitative estimate of drug-likeness (QED) is 0.779. The number of carbonyl (C=O) groups is 1. The van der Waals surface area contributed by atoms with Crippen LogP contribution in [0.15, 0.2) is 41.3 Å².